The van der Waals surface area contributed by atoms with Crippen molar-refractivity contribution in [1.82, 2.24) is 0 Å². The molecule has 0 radical (unpaired) electrons. The molecule has 66 valence electrons. The van der Waals surface area contributed by atoms with Crippen LogP contribution in [-0.4, -0.2) is 13.2 Å². The Morgan fingerprint density at radius 1 is 1.33 bits per heavy atom. The van der Waals surface area contributed by atoms with Crippen molar-refractivity contribution in [2.24, 2.45) is 0 Å². The quantitative estimate of drug-likeness (QED) is 0.485. The largest absolute Gasteiger partial charge is 0.375 e. The Kier molecular flexibility index (Phi) is 3.74. The first-order chi connectivity index (χ1) is 5.83. The van der Waals surface area contributed by atoms with Gasteiger partial charge in [0.2, 0.25) is 0 Å². The SMILES string of the molecule is CCOCC[n+]1ccc(C)cc1. The molecule has 0 N–H and O–H groups in total. The maximum atomic E-state index is 5.25. The Bertz CT molecular complexity index is 218. The van der Waals surface area contributed by atoms with Gasteiger partial charge in [0.25, 0.3) is 0 Å². The van der Waals surface area contributed by atoms with Crippen LogP contribution in [-0.2, 0) is 11.3 Å². The van der Waals surface area contributed by atoms with E-state index in [2.05, 4.69) is 36.0 Å². The molecule has 0 aliphatic heterocycles. The van der Waals surface area contributed by atoms with E-state index in [1.54, 1.807) is 0 Å². The van der Waals surface area contributed by atoms with Crippen molar-refractivity contribution < 1.29 is 9.30 Å². The van der Waals surface area contributed by atoms with Crippen LogP contribution in [0.2, 0.25) is 0 Å². The first-order valence-corrected chi connectivity index (χ1v) is 4.36. The average molecular weight is 166 g/mol. The van der Waals surface area contributed by atoms with E-state index in [1.165, 1.54) is 5.56 Å². The van der Waals surface area contributed by atoms with Gasteiger partial charge in [-0.1, -0.05) is 0 Å². The second-order valence-electron chi connectivity index (χ2n) is 2.81. The van der Waals surface area contributed by atoms with Crippen LogP contribution in [0, 0.1) is 6.92 Å². The molecule has 1 aromatic rings. The van der Waals surface area contributed by atoms with Crippen molar-refractivity contribution in [3.63, 3.8) is 0 Å². The van der Waals surface area contributed by atoms with Crippen LogP contribution >= 0.6 is 0 Å². The molecule has 0 fully saturated rings. The first kappa shape index (κ1) is 9.20. The molecular formula is C10H16NO+. The van der Waals surface area contributed by atoms with E-state index < -0.39 is 0 Å². The molecule has 2 nitrogen and oxygen atoms in total. The monoisotopic (exact) mass is 166 g/mol. The summed E-state index contributed by atoms with van der Waals surface area (Å²) in [4.78, 5) is 0. The summed E-state index contributed by atoms with van der Waals surface area (Å²) in [5, 5.41) is 0. The summed E-state index contributed by atoms with van der Waals surface area (Å²) in [5.41, 5.74) is 1.29. The topological polar surface area (TPSA) is 13.1 Å². The van der Waals surface area contributed by atoms with Gasteiger partial charge in [-0.2, -0.15) is 0 Å². The maximum absolute atomic E-state index is 5.25. The van der Waals surface area contributed by atoms with E-state index in [1.807, 2.05) is 6.92 Å². The van der Waals surface area contributed by atoms with Gasteiger partial charge < -0.3 is 4.74 Å². The zero-order valence-electron chi connectivity index (χ0n) is 7.79. The molecule has 0 saturated heterocycles. The van der Waals surface area contributed by atoms with Gasteiger partial charge in [0, 0.05) is 18.7 Å². The lowest BCUT2D eigenvalue weighted by Crippen LogP contribution is -2.35. The minimum absolute atomic E-state index is 0.796. The molecule has 0 unspecified atom stereocenters. The lowest BCUT2D eigenvalue weighted by molar-refractivity contribution is -0.698. The first-order valence-electron chi connectivity index (χ1n) is 4.36. The minimum atomic E-state index is 0.796. The van der Waals surface area contributed by atoms with Crippen LogP contribution in [0.4, 0.5) is 0 Å². The highest BCUT2D eigenvalue weighted by atomic mass is 16.5. The fraction of sp³-hybridized carbons (Fsp3) is 0.500. The van der Waals surface area contributed by atoms with Crippen LogP contribution in [0.25, 0.3) is 0 Å². The normalized spacial score (nSPS) is 10.2. The molecule has 0 aromatic carbocycles. The van der Waals surface area contributed by atoms with E-state index in [-0.39, 0.29) is 0 Å². The standard InChI is InChI=1S/C10H16NO/c1-3-12-9-8-11-6-4-10(2)5-7-11/h4-7H,3,8-9H2,1-2H3/q+1. The molecule has 0 spiro atoms. The van der Waals surface area contributed by atoms with E-state index in [0.717, 1.165) is 19.8 Å². The minimum Gasteiger partial charge on any atom is -0.375 e. The van der Waals surface area contributed by atoms with Gasteiger partial charge in [-0.25, -0.2) is 4.57 Å². The molecule has 0 bridgehead atoms. The van der Waals surface area contributed by atoms with Crippen LogP contribution in [0.1, 0.15) is 12.5 Å². The van der Waals surface area contributed by atoms with Crippen molar-refractivity contribution in [2.75, 3.05) is 13.2 Å². The summed E-state index contributed by atoms with van der Waals surface area (Å²) in [5.74, 6) is 0. The van der Waals surface area contributed by atoms with E-state index in [9.17, 15) is 0 Å². The number of pyridine rings is 1. The second kappa shape index (κ2) is 4.88. The van der Waals surface area contributed by atoms with Gasteiger partial charge in [-0.05, 0) is 19.4 Å². The average Bonchev–Trinajstić information content (AvgIpc) is 2.09. The van der Waals surface area contributed by atoms with Gasteiger partial charge >= 0.3 is 0 Å². The van der Waals surface area contributed by atoms with Gasteiger partial charge in [-0.3, -0.25) is 0 Å². The predicted molar refractivity (Wildman–Crippen MR) is 47.9 cm³/mol. The zero-order chi connectivity index (χ0) is 8.81. The highest BCUT2D eigenvalue weighted by Gasteiger charge is 1.97. The van der Waals surface area contributed by atoms with Gasteiger partial charge in [0.15, 0.2) is 18.9 Å². The van der Waals surface area contributed by atoms with Gasteiger partial charge in [0.05, 0.1) is 0 Å². The number of aryl methyl sites for hydroxylation is 1. The zero-order valence-corrected chi connectivity index (χ0v) is 7.79. The molecule has 1 rings (SSSR count). The lowest BCUT2D eigenvalue weighted by atomic mass is 10.3. The van der Waals surface area contributed by atoms with Crippen molar-refractivity contribution in [2.45, 2.75) is 20.4 Å². The summed E-state index contributed by atoms with van der Waals surface area (Å²) in [6.45, 7) is 6.64. The predicted octanol–water partition coefficient (Wildman–Crippen LogP) is 1.32. The summed E-state index contributed by atoms with van der Waals surface area (Å²) in [6, 6.07) is 4.21. The molecule has 12 heavy (non-hydrogen) atoms. The van der Waals surface area contributed by atoms with Crippen molar-refractivity contribution in [3.05, 3.63) is 30.1 Å². The summed E-state index contributed by atoms with van der Waals surface area (Å²) in [7, 11) is 0. The number of hydrogen-bond acceptors (Lipinski definition) is 1. The molecule has 1 heterocycles. The Balaban J connectivity index is 2.37. The van der Waals surface area contributed by atoms with Crippen molar-refractivity contribution >= 4 is 0 Å². The third-order valence-corrected chi connectivity index (χ3v) is 1.76. The molecule has 0 saturated carbocycles. The van der Waals surface area contributed by atoms with Crippen LogP contribution in [0.15, 0.2) is 24.5 Å². The Morgan fingerprint density at radius 2 is 2.00 bits per heavy atom. The van der Waals surface area contributed by atoms with Gasteiger partial charge in [0.1, 0.15) is 6.61 Å². The molecule has 2 heteroatoms. The Hall–Kier alpha value is -0.890. The fourth-order valence-electron chi connectivity index (χ4n) is 0.995. The molecular weight excluding hydrogens is 150 g/mol. The number of rotatable bonds is 4. The van der Waals surface area contributed by atoms with Crippen LogP contribution < -0.4 is 4.57 Å². The number of ether oxygens (including phenoxy) is 1. The fourth-order valence-corrected chi connectivity index (χ4v) is 0.995. The molecule has 0 amide bonds. The van der Waals surface area contributed by atoms with Crippen LogP contribution in [0.3, 0.4) is 0 Å². The van der Waals surface area contributed by atoms with E-state index >= 15 is 0 Å². The third kappa shape index (κ3) is 3.01. The summed E-state index contributed by atoms with van der Waals surface area (Å²) in [6.07, 6.45) is 4.16. The highest BCUT2D eigenvalue weighted by molar-refractivity contribution is 5.03. The Labute approximate surface area is 73.8 Å². The molecule has 0 atom stereocenters. The second-order valence-corrected chi connectivity index (χ2v) is 2.81. The Morgan fingerprint density at radius 3 is 2.58 bits per heavy atom. The van der Waals surface area contributed by atoms with Crippen LogP contribution in [0.5, 0.6) is 0 Å². The maximum Gasteiger partial charge on any atom is 0.171 e. The van der Waals surface area contributed by atoms with Crippen molar-refractivity contribution in [1.29, 1.82) is 0 Å². The highest BCUT2D eigenvalue weighted by Crippen LogP contribution is 1.89. The number of nitrogens with zero attached hydrogens (tertiary/aromatic N) is 1. The number of hydrogen-bond donors (Lipinski definition) is 0. The summed E-state index contributed by atoms with van der Waals surface area (Å²) >= 11 is 0. The summed E-state index contributed by atoms with van der Waals surface area (Å²) < 4.78 is 7.37. The van der Waals surface area contributed by atoms with Crippen molar-refractivity contribution in [3.8, 4) is 0 Å². The van der Waals surface area contributed by atoms with E-state index in [0.29, 0.717) is 0 Å². The smallest absolute Gasteiger partial charge is 0.171 e. The number of aromatic nitrogens is 1. The molecule has 0 aliphatic rings. The van der Waals surface area contributed by atoms with E-state index in [4.69, 9.17) is 4.74 Å². The van der Waals surface area contributed by atoms with Gasteiger partial charge in [-0.15, -0.1) is 0 Å². The lowest BCUT2D eigenvalue weighted by Gasteiger charge is -1.97. The molecule has 0 aliphatic carbocycles. The molecule has 1 aromatic heterocycles. The third-order valence-electron chi connectivity index (χ3n) is 1.76.